The molecule has 0 radical (unpaired) electrons. The Balaban J connectivity index is 2.12. The van der Waals surface area contributed by atoms with Crippen molar-refractivity contribution in [3.05, 3.63) is 41.9 Å². The zero-order valence-electron chi connectivity index (χ0n) is 15.0. The number of fused-ring (bicyclic) bond motifs is 1. The molecule has 0 saturated heterocycles. The molecule has 3 aromatic rings. The lowest BCUT2D eigenvalue weighted by Crippen LogP contribution is -2.26. The van der Waals surface area contributed by atoms with Gasteiger partial charge in [-0.25, -0.2) is 14.6 Å². The van der Waals surface area contributed by atoms with E-state index in [1.54, 1.807) is 6.33 Å². The first-order chi connectivity index (χ1) is 11.7. The van der Waals surface area contributed by atoms with E-state index in [9.17, 15) is 0 Å². The lowest BCUT2D eigenvalue weighted by molar-refractivity contribution is 0.736. The fourth-order valence-electron chi connectivity index (χ4n) is 3.17. The van der Waals surface area contributed by atoms with Crippen LogP contribution in [0.1, 0.15) is 37.8 Å². The quantitative estimate of drug-likeness (QED) is 0.686. The lowest BCUT2D eigenvalue weighted by Gasteiger charge is -2.22. The molecule has 0 aliphatic carbocycles. The van der Waals surface area contributed by atoms with Crippen LogP contribution in [0.25, 0.3) is 16.7 Å². The molecular formula is C19H25N5. The van der Waals surface area contributed by atoms with E-state index in [4.69, 9.17) is 0 Å². The molecule has 126 valence electrons. The maximum Gasteiger partial charge on any atom is 0.168 e. The Bertz CT molecular complexity index is 831. The van der Waals surface area contributed by atoms with Gasteiger partial charge in [-0.05, 0) is 38.3 Å². The number of anilines is 1. The molecule has 0 atom stereocenters. The van der Waals surface area contributed by atoms with E-state index in [-0.39, 0.29) is 0 Å². The standard InChI is InChI=1S/C19H25N5/c1-5-9-23(10-6-2)18-16-12-22-24(19(16)21-13-20-18)17-8-7-14(3)11-15(17)4/h7-8,11-13H,5-6,9-10H2,1-4H3. The van der Waals surface area contributed by atoms with Crippen molar-refractivity contribution in [1.29, 1.82) is 0 Å². The number of benzene rings is 1. The van der Waals surface area contributed by atoms with Gasteiger partial charge in [0, 0.05) is 13.1 Å². The van der Waals surface area contributed by atoms with Crippen LogP contribution in [-0.2, 0) is 0 Å². The number of aryl methyl sites for hydroxylation is 2. The van der Waals surface area contributed by atoms with Gasteiger partial charge in [-0.15, -0.1) is 0 Å². The van der Waals surface area contributed by atoms with E-state index in [1.807, 2.05) is 10.9 Å². The maximum absolute atomic E-state index is 4.61. The van der Waals surface area contributed by atoms with Gasteiger partial charge in [0.15, 0.2) is 5.65 Å². The summed E-state index contributed by atoms with van der Waals surface area (Å²) in [6.45, 7) is 10.6. The molecule has 0 amide bonds. The van der Waals surface area contributed by atoms with Crippen molar-refractivity contribution in [3.63, 3.8) is 0 Å². The van der Waals surface area contributed by atoms with Crippen molar-refractivity contribution in [2.75, 3.05) is 18.0 Å². The normalized spacial score (nSPS) is 11.2. The van der Waals surface area contributed by atoms with Gasteiger partial charge < -0.3 is 4.90 Å². The van der Waals surface area contributed by atoms with Crippen LogP contribution in [0.15, 0.2) is 30.7 Å². The summed E-state index contributed by atoms with van der Waals surface area (Å²) < 4.78 is 1.92. The number of hydrogen-bond donors (Lipinski definition) is 0. The number of rotatable bonds is 6. The average Bonchev–Trinajstić information content (AvgIpc) is 2.99. The zero-order valence-corrected chi connectivity index (χ0v) is 15.0. The molecule has 0 aliphatic rings. The SMILES string of the molecule is CCCN(CCC)c1ncnc2c1cnn2-c1ccc(C)cc1C. The van der Waals surface area contributed by atoms with Gasteiger partial charge >= 0.3 is 0 Å². The van der Waals surface area contributed by atoms with Crippen LogP contribution >= 0.6 is 0 Å². The van der Waals surface area contributed by atoms with E-state index in [0.29, 0.717) is 0 Å². The smallest absolute Gasteiger partial charge is 0.168 e. The molecule has 5 nitrogen and oxygen atoms in total. The molecule has 3 rings (SSSR count). The van der Waals surface area contributed by atoms with E-state index < -0.39 is 0 Å². The Labute approximate surface area is 143 Å². The Morgan fingerprint density at radius 1 is 1.04 bits per heavy atom. The topological polar surface area (TPSA) is 46.8 Å². The molecule has 0 saturated carbocycles. The third-order valence-corrected chi connectivity index (χ3v) is 4.21. The maximum atomic E-state index is 4.61. The van der Waals surface area contributed by atoms with Crippen LogP contribution in [0.5, 0.6) is 0 Å². The molecule has 0 N–H and O–H groups in total. The van der Waals surface area contributed by atoms with Crippen molar-refractivity contribution in [1.82, 2.24) is 19.7 Å². The molecule has 1 aromatic carbocycles. The molecule has 2 aromatic heterocycles. The summed E-state index contributed by atoms with van der Waals surface area (Å²) in [6, 6.07) is 6.39. The Morgan fingerprint density at radius 3 is 2.46 bits per heavy atom. The highest BCUT2D eigenvalue weighted by Crippen LogP contribution is 2.26. The van der Waals surface area contributed by atoms with E-state index >= 15 is 0 Å². The number of aromatic nitrogens is 4. The highest BCUT2D eigenvalue weighted by Gasteiger charge is 2.16. The Kier molecular flexibility index (Phi) is 4.79. The summed E-state index contributed by atoms with van der Waals surface area (Å²) in [4.78, 5) is 11.4. The first-order valence-electron chi connectivity index (χ1n) is 8.67. The van der Waals surface area contributed by atoms with Crippen LogP contribution in [0.3, 0.4) is 0 Å². The highest BCUT2D eigenvalue weighted by atomic mass is 15.3. The summed E-state index contributed by atoms with van der Waals surface area (Å²) in [5.74, 6) is 0.986. The first kappa shape index (κ1) is 16.4. The van der Waals surface area contributed by atoms with Gasteiger partial charge in [-0.2, -0.15) is 5.10 Å². The summed E-state index contributed by atoms with van der Waals surface area (Å²) >= 11 is 0. The molecule has 0 bridgehead atoms. The molecule has 0 fully saturated rings. The van der Waals surface area contributed by atoms with Crippen LogP contribution in [0, 0.1) is 13.8 Å². The second-order valence-corrected chi connectivity index (χ2v) is 6.27. The van der Waals surface area contributed by atoms with Crippen molar-refractivity contribution in [2.24, 2.45) is 0 Å². The van der Waals surface area contributed by atoms with Gasteiger partial charge in [-0.1, -0.05) is 31.5 Å². The fourth-order valence-corrected chi connectivity index (χ4v) is 3.17. The van der Waals surface area contributed by atoms with Crippen LogP contribution in [0.2, 0.25) is 0 Å². The van der Waals surface area contributed by atoms with Crippen molar-refractivity contribution in [3.8, 4) is 5.69 Å². The predicted molar refractivity (Wildman–Crippen MR) is 98.9 cm³/mol. The monoisotopic (exact) mass is 323 g/mol. The molecule has 0 aliphatic heterocycles. The third kappa shape index (κ3) is 2.98. The Morgan fingerprint density at radius 2 is 1.79 bits per heavy atom. The van der Waals surface area contributed by atoms with Crippen molar-refractivity contribution in [2.45, 2.75) is 40.5 Å². The van der Waals surface area contributed by atoms with Crippen molar-refractivity contribution >= 4 is 16.9 Å². The third-order valence-electron chi connectivity index (χ3n) is 4.21. The number of hydrogen-bond acceptors (Lipinski definition) is 4. The van der Waals surface area contributed by atoms with Gasteiger partial charge in [0.05, 0.1) is 17.3 Å². The molecule has 24 heavy (non-hydrogen) atoms. The fraction of sp³-hybridized carbons (Fsp3) is 0.421. The van der Waals surface area contributed by atoms with Gasteiger partial charge in [-0.3, -0.25) is 0 Å². The number of nitrogens with zero attached hydrogens (tertiary/aromatic N) is 5. The van der Waals surface area contributed by atoms with Gasteiger partial charge in [0.2, 0.25) is 0 Å². The summed E-state index contributed by atoms with van der Waals surface area (Å²) in [7, 11) is 0. The largest absolute Gasteiger partial charge is 0.356 e. The summed E-state index contributed by atoms with van der Waals surface area (Å²) in [5, 5.41) is 5.62. The average molecular weight is 323 g/mol. The Hall–Kier alpha value is -2.43. The predicted octanol–water partition coefficient (Wildman–Crippen LogP) is 4.06. The van der Waals surface area contributed by atoms with E-state index in [0.717, 1.165) is 48.5 Å². The molecule has 5 heteroatoms. The first-order valence-corrected chi connectivity index (χ1v) is 8.67. The highest BCUT2D eigenvalue weighted by molar-refractivity contribution is 5.87. The second-order valence-electron chi connectivity index (χ2n) is 6.27. The molecule has 0 spiro atoms. The van der Waals surface area contributed by atoms with E-state index in [1.165, 1.54) is 11.1 Å². The zero-order chi connectivity index (χ0) is 17.1. The minimum atomic E-state index is 0.865. The van der Waals surface area contributed by atoms with Gasteiger partial charge in [0.1, 0.15) is 12.1 Å². The minimum Gasteiger partial charge on any atom is -0.356 e. The second kappa shape index (κ2) is 6.99. The van der Waals surface area contributed by atoms with Crippen LogP contribution in [-0.4, -0.2) is 32.8 Å². The molecule has 2 heterocycles. The van der Waals surface area contributed by atoms with Gasteiger partial charge in [0.25, 0.3) is 0 Å². The van der Waals surface area contributed by atoms with Crippen LogP contribution < -0.4 is 4.90 Å². The summed E-state index contributed by atoms with van der Waals surface area (Å²) in [5.41, 5.74) is 4.38. The minimum absolute atomic E-state index is 0.865. The lowest BCUT2D eigenvalue weighted by atomic mass is 10.1. The molecule has 0 unspecified atom stereocenters. The van der Waals surface area contributed by atoms with E-state index in [2.05, 4.69) is 65.9 Å². The van der Waals surface area contributed by atoms with Crippen LogP contribution in [0.4, 0.5) is 5.82 Å². The summed E-state index contributed by atoms with van der Waals surface area (Å²) in [6.07, 6.45) is 5.73. The van der Waals surface area contributed by atoms with Crippen molar-refractivity contribution < 1.29 is 0 Å². The molecular weight excluding hydrogens is 298 g/mol.